The number of rotatable bonds is 7. The van der Waals surface area contributed by atoms with Gasteiger partial charge in [-0.3, -0.25) is 4.79 Å². The molecule has 2 N–H and O–H groups in total. The van der Waals surface area contributed by atoms with E-state index in [1.807, 2.05) is 0 Å². The number of halogens is 2. The van der Waals surface area contributed by atoms with Crippen molar-refractivity contribution in [3.63, 3.8) is 0 Å². The Labute approximate surface area is 173 Å². The molecule has 0 aliphatic heterocycles. The summed E-state index contributed by atoms with van der Waals surface area (Å²) >= 11 is 11.9. The third kappa shape index (κ3) is 5.68. The van der Waals surface area contributed by atoms with E-state index in [-0.39, 0.29) is 27.7 Å². The molecule has 0 saturated heterocycles. The van der Waals surface area contributed by atoms with Crippen LogP contribution in [0.25, 0.3) is 0 Å². The van der Waals surface area contributed by atoms with Crippen LogP contribution in [0.1, 0.15) is 24.2 Å². The molecule has 0 aliphatic carbocycles. The molecule has 0 bridgehead atoms. The summed E-state index contributed by atoms with van der Waals surface area (Å²) in [7, 11) is -3.72. The molecule has 0 aromatic heterocycles. The van der Waals surface area contributed by atoms with Gasteiger partial charge in [-0.15, -0.1) is 0 Å². The van der Waals surface area contributed by atoms with Gasteiger partial charge in [-0.1, -0.05) is 36.2 Å². The Hall–Kier alpha value is -2.13. The van der Waals surface area contributed by atoms with Gasteiger partial charge in [0.1, 0.15) is 0 Å². The number of carbonyl (C=O) groups is 2. The number of ether oxygens (including phenoxy) is 1. The molecule has 0 radical (unpaired) electrons. The minimum absolute atomic E-state index is 0.000541. The number of nitrogens with one attached hydrogen (secondary N) is 2. The van der Waals surface area contributed by atoms with E-state index in [1.165, 1.54) is 43.3 Å². The average Bonchev–Trinajstić information content (AvgIpc) is 2.64. The molecule has 2 rings (SSSR count). The summed E-state index contributed by atoms with van der Waals surface area (Å²) in [5.41, 5.74) is 0.278. The van der Waals surface area contributed by atoms with Gasteiger partial charge in [0.15, 0.2) is 6.10 Å². The van der Waals surface area contributed by atoms with E-state index in [0.717, 1.165) is 0 Å². The molecule has 0 heterocycles. The number of hydrogen-bond donors (Lipinski definition) is 2. The summed E-state index contributed by atoms with van der Waals surface area (Å²) in [6.45, 7) is 3.23. The molecule has 0 spiro atoms. The van der Waals surface area contributed by atoms with Gasteiger partial charge in [0.2, 0.25) is 10.0 Å². The van der Waals surface area contributed by atoms with Crippen LogP contribution in [0.5, 0.6) is 0 Å². The zero-order valence-electron chi connectivity index (χ0n) is 15.0. The van der Waals surface area contributed by atoms with Crippen molar-refractivity contribution in [2.45, 2.75) is 24.8 Å². The van der Waals surface area contributed by atoms with Gasteiger partial charge >= 0.3 is 5.97 Å². The molecular weight excluding hydrogens is 427 g/mol. The number of carbonyl (C=O) groups excluding carboxylic acids is 2. The molecule has 1 amide bonds. The van der Waals surface area contributed by atoms with Crippen molar-refractivity contribution in [2.24, 2.45) is 0 Å². The standard InChI is InChI=1S/C18H18Cl2N2O5S/c1-3-21-28(25,26)14-6-4-5-12(9-14)18(24)27-11(2)17(23)22-16-10-13(19)7-8-15(16)20/h4-11,21H,3H2,1-2H3,(H,22,23). The van der Waals surface area contributed by atoms with Gasteiger partial charge in [0, 0.05) is 11.6 Å². The summed E-state index contributed by atoms with van der Waals surface area (Å²) in [5, 5.41) is 3.17. The van der Waals surface area contributed by atoms with Crippen LogP contribution in [-0.4, -0.2) is 32.9 Å². The highest BCUT2D eigenvalue weighted by atomic mass is 35.5. The van der Waals surface area contributed by atoms with Gasteiger partial charge in [0.05, 0.1) is 21.2 Å². The summed E-state index contributed by atoms with van der Waals surface area (Å²) in [6, 6.07) is 9.89. The van der Waals surface area contributed by atoms with Crippen molar-refractivity contribution in [3.05, 3.63) is 58.1 Å². The zero-order valence-corrected chi connectivity index (χ0v) is 17.4. The first-order chi connectivity index (χ1) is 13.1. The molecule has 0 fully saturated rings. The van der Waals surface area contributed by atoms with Crippen LogP contribution < -0.4 is 10.0 Å². The topological polar surface area (TPSA) is 102 Å². The number of hydrogen-bond acceptors (Lipinski definition) is 5. The molecule has 0 aliphatic rings. The van der Waals surface area contributed by atoms with Gasteiger partial charge in [-0.05, 0) is 43.3 Å². The molecule has 2 aromatic rings. The van der Waals surface area contributed by atoms with Crippen LogP contribution in [0.3, 0.4) is 0 Å². The average molecular weight is 445 g/mol. The lowest BCUT2D eigenvalue weighted by Crippen LogP contribution is -2.30. The van der Waals surface area contributed by atoms with E-state index in [2.05, 4.69) is 10.0 Å². The summed E-state index contributed by atoms with van der Waals surface area (Å²) < 4.78 is 31.6. The monoisotopic (exact) mass is 444 g/mol. The highest BCUT2D eigenvalue weighted by Crippen LogP contribution is 2.25. The third-order valence-corrected chi connectivity index (χ3v) is 5.66. The lowest BCUT2D eigenvalue weighted by molar-refractivity contribution is -0.123. The number of benzene rings is 2. The van der Waals surface area contributed by atoms with Crippen molar-refractivity contribution in [1.29, 1.82) is 0 Å². The van der Waals surface area contributed by atoms with Crippen LogP contribution in [0.2, 0.25) is 10.0 Å². The van der Waals surface area contributed by atoms with Crippen LogP contribution in [0.4, 0.5) is 5.69 Å². The van der Waals surface area contributed by atoms with Crippen molar-refractivity contribution in [1.82, 2.24) is 4.72 Å². The number of sulfonamides is 1. The van der Waals surface area contributed by atoms with Gasteiger partial charge in [-0.25, -0.2) is 17.9 Å². The molecular formula is C18H18Cl2N2O5S. The van der Waals surface area contributed by atoms with Crippen LogP contribution >= 0.6 is 23.2 Å². The molecule has 1 unspecified atom stereocenters. The maximum absolute atomic E-state index is 12.3. The maximum Gasteiger partial charge on any atom is 0.338 e. The Morgan fingerprint density at radius 1 is 1.14 bits per heavy atom. The first-order valence-electron chi connectivity index (χ1n) is 8.20. The smallest absolute Gasteiger partial charge is 0.338 e. The Balaban J connectivity index is 2.10. The first-order valence-corrected chi connectivity index (χ1v) is 10.4. The fourth-order valence-electron chi connectivity index (χ4n) is 2.17. The molecule has 7 nitrogen and oxygen atoms in total. The highest BCUT2D eigenvalue weighted by Gasteiger charge is 2.21. The van der Waals surface area contributed by atoms with Gasteiger partial charge in [0.25, 0.3) is 5.91 Å². The second-order valence-electron chi connectivity index (χ2n) is 5.69. The van der Waals surface area contributed by atoms with E-state index < -0.39 is 28.0 Å². The molecule has 150 valence electrons. The summed E-state index contributed by atoms with van der Waals surface area (Å²) in [4.78, 5) is 24.5. The Bertz CT molecular complexity index is 995. The summed E-state index contributed by atoms with van der Waals surface area (Å²) in [6.07, 6.45) is -1.16. The zero-order chi connectivity index (χ0) is 20.9. The minimum atomic E-state index is -3.72. The minimum Gasteiger partial charge on any atom is -0.449 e. The second-order valence-corrected chi connectivity index (χ2v) is 8.30. The van der Waals surface area contributed by atoms with Gasteiger partial charge < -0.3 is 10.1 Å². The van der Waals surface area contributed by atoms with Crippen molar-refractivity contribution < 1.29 is 22.7 Å². The Morgan fingerprint density at radius 3 is 2.54 bits per heavy atom. The lowest BCUT2D eigenvalue weighted by Gasteiger charge is -2.15. The van der Waals surface area contributed by atoms with E-state index in [1.54, 1.807) is 13.0 Å². The third-order valence-electron chi connectivity index (χ3n) is 3.55. The van der Waals surface area contributed by atoms with E-state index in [0.29, 0.717) is 5.02 Å². The van der Waals surface area contributed by atoms with Crippen molar-refractivity contribution in [3.8, 4) is 0 Å². The Kier molecular flexibility index (Phi) is 7.42. The SMILES string of the molecule is CCNS(=O)(=O)c1cccc(C(=O)OC(C)C(=O)Nc2cc(Cl)ccc2Cl)c1. The Morgan fingerprint density at radius 2 is 1.86 bits per heavy atom. The highest BCUT2D eigenvalue weighted by molar-refractivity contribution is 7.89. The fourth-order valence-corrected chi connectivity index (χ4v) is 3.60. The number of esters is 1. The first kappa shape index (κ1) is 22.2. The molecule has 10 heteroatoms. The number of amides is 1. The quantitative estimate of drug-likeness (QED) is 0.636. The maximum atomic E-state index is 12.3. The normalized spacial score (nSPS) is 12.3. The largest absolute Gasteiger partial charge is 0.449 e. The second kappa shape index (κ2) is 9.38. The van der Waals surface area contributed by atoms with Crippen molar-refractivity contribution >= 4 is 50.8 Å². The van der Waals surface area contributed by atoms with Crippen LogP contribution in [0, 0.1) is 0 Å². The van der Waals surface area contributed by atoms with Crippen LogP contribution in [-0.2, 0) is 19.6 Å². The van der Waals surface area contributed by atoms with Crippen LogP contribution in [0.15, 0.2) is 47.4 Å². The van der Waals surface area contributed by atoms with Crippen molar-refractivity contribution in [2.75, 3.05) is 11.9 Å². The predicted molar refractivity (Wildman–Crippen MR) is 107 cm³/mol. The van der Waals surface area contributed by atoms with E-state index >= 15 is 0 Å². The fraction of sp³-hybridized carbons (Fsp3) is 0.222. The predicted octanol–water partition coefficient (Wildman–Crippen LogP) is 3.48. The van der Waals surface area contributed by atoms with E-state index in [9.17, 15) is 18.0 Å². The number of anilines is 1. The molecule has 0 saturated carbocycles. The summed E-state index contributed by atoms with van der Waals surface area (Å²) in [5.74, 6) is -1.46. The molecule has 28 heavy (non-hydrogen) atoms. The lowest BCUT2D eigenvalue weighted by atomic mass is 10.2. The van der Waals surface area contributed by atoms with Gasteiger partial charge in [-0.2, -0.15) is 0 Å². The molecule has 2 aromatic carbocycles. The van der Waals surface area contributed by atoms with E-state index in [4.69, 9.17) is 27.9 Å². The molecule has 1 atom stereocenters.